The number of esters is 1. The standard InChI is InChI=1S/C27H26F2N4O5/c1-2-35-26(34)24-22(27-37-9-10-38-27)23(19-6-3-17(28)12-20(19)29)31-25(32-24)15-7-8-36-21(11-15)16-13-30-33(14-16)18-4-5-18/h3,6,11-14,18,21,27H,2,4-5,7-10H2,1H3/t21-/m1/s1. The molecule has 0 spiro atoms. The van der Waals surface area contributed by atoms with Crippen molar-refractivity contribution >= 4 is 11.5 Å². The Hall–Kier alpha value is -3.54. The lowest BCUT2D eigenvalue weighted by Crippen LogP contribution is -2.19. The Balaban J connectivity index is 1.49. The van der Waals surface area contributed by atoms with E-state index in [2.05, 4.69) is 10.1 Å². The fourth-order valence-corrected chi connectivity index (χ4v) is 4.63. The van der Waals surface area contributed by atoms with Crippen molar-refractivity contribution in [1.29, 1.82) is 0 Å². The van der Waals surface area contributed by atoms with Crippen molar-refractivity contribution in [3.8, 4) is 11.3 Å². The number of carbonyl (C=O) groups is 1. The van der Waals surface area contributed by atoms with Crippen LogP contribution in [0.3, 0.4) is 0 Å². The number of hydrogen-bond acceptors (Lipinski definition) is 8. The lowest BCUT2D eigenvalue weighted by molar-refractivity contribution is -0.0450. The summed E-state index contributed by atoms with van der Waals surface area (Å²) in [6.07, 6.45) is 6.95. The Morgan fingerprint density at radius 2 is 1.95 bits per heavy atom. The molecule has 1 aliphatic carbocycles. The first-order valence-electron chi connectivity index (χ1n) is 12.7. The van der Waals surface area contributed by atoms with Gasteiger partial charge < -0.3 is 18.9 Å². The molecule has 0 unspecified atom stereocenters. The molecular formula is C27H26F2N4O5. The van der Waals surface area contributed by atoms with Gasteiger partial charge in [0.05, 0.1) is 49.9 Å². The molecule has 3 aromatic rings. The predicted molar refractivity (Wildman–Crippen MR) is 130 cm³/mol. The number of ether oxygens (including phenoxy) is 4. The van der Waals surface area contributed by atoms with Crippen LogP contribution in [-0.4, -0.2) is 52.1 Å². The summed E-state index contributed by atoms with van der Waals surface area (Å²) in [6.45, 7) is 2.72. The lowest BCUT2D eigenvalue weighted by atomic mass is 10.00. The zero-order valence-electron chi connectivity index (χ0n) is 20.7. The van der Waals surface area contributed by atoms with E-state index in [1.165, 1.54) is 6.07 Å². The van der Waals surface area contributed by atoms with Crippen molar-refractivity contribution in [2.75, 3.05) is 26.4 Å². The van der Waals surface area contributed by atoms with Crippen molar-refractivity contribution < 1.29 is 32.5 Å². The highest BCUT2D eigenvalue weighted by molar-refractivity contribution is 5.92. The summed E-state index contributed by atoms with van der Waals surface area (Å²) in [6, 6.07) is 3.61. The lowest BCUT2D eigenvalue weighted by Gasteiger charge is -2.23. The third kappa shape index (κ3) is 4.84. The molecule has 2 aromatic heterocycles. The van der Waals surface area contributed by atoms with Crippen LogP contribution in [0.4, 0.5) is 8.78 Å². The van der Waals surface area contributed by atoms with Gasteiger partial charge in [-0.1, -0.05) is 0 Å². The third-order valence-corrected chi connectivity index (χ3v) is 6.64. The average molecular weight is 525 g/mol. The summed E-state index contributed by atoms with van der Waals surface area (Å²) in [5, 5.41) is 4.45. The number of hydrogen-bond donors (Lipinski definition) is 0. The molecule has 1 atom stereocenters. The van der Waals surface area contributed by atoms with Gasteiger partial charge >= 0.3 is 5.97 Å². The molecule has 4 heterocycles. The minimum Gasteiger partial charge on any atom is -0.461 e. The number of benzene rings is 1. The molecule has 9 nitrogen and oxygen atoms in total. The summed E-state index contributed by atoms with van der Waals surface area (Å²) in [5.41, 5.74) is 1.74. The molecule has 1 saturated heterocycles. The fraction of sp³-hybridized carbons (Fsp3) is 0.407. The van der Waals surface area contributed by atoms with Gasteiger partial charge in [-0.25, -0.2) is 23.5 Å². The van der Waals surface area contributed by atoms with E-state index in [0.717, 1.165) is 36.1 Å². The Bertz CT molecular complexity index is 1400. The molecule has 198 valence electrons. The van der Waals surface area contributed by atoms with Crippen molar-refractivity contribution in [3.05, 3.63) is 70.9 Å². The Labute approximate surface area is 217 Å². The second-order valence-electron chi connectivity index (χ2n) is 9.29. The first kappa shape index (κ1) is 24.8. The van der Waals surface area contributed by atoms with Gasteiger partial charge in [0.1, 0.15) is 17.7 Å². The van der Waals surface area contributed by atoms with Gasteiger partial charge in [0.2, 0.25) is 0 Å². The molecule has 0 amide bonds. The first-order valence-corrected chi connectivity index (χ1v) is 12.7. The molecule has 0 N–H and O–H groups in total. The maximum Gasteiger partial charge on any atom is 0.357 e. The van der Waals surface area contributed by atoms with Crippen LogP contribution < -0.4 is 0 Å². The largest absolute Gasteiger partial charge is 0.461 e. The summed E-state index contributed by atoms with van der Waals surface area (Å²) >= 11 is 0. The number of rotatable bonds is 7. The fourth-order valence-electron chi connectivity index (χ4n) is 4.63. The van der Waals surface area contributed by atoms with Crippen molar-refractivity contribution in [3.63, 3.8) is 0 Å². The van der Waals surface area contributed by atoms with E-state index >= 15 is 4.39 Å². The van der Waals surface area contributed by atoms with Gasteiger partial charge in [-0.15, -0.1) is 0 Å². The monoisotopic (exact) mass is 524 g/mol. The molecule has 2 fully saturated rings. The highest BCUT2D eigenvalue weighted by Gasteiger charge is 2.34. The van der Waals surface area contributed by atoms with Crippen LogP contribution in [0.25, 0.3) is 16.8 Å². The van der Waals surface area contributed by atoms with Crippen LogP contribution in [0, 0.1) is 11.6 Å². The predicted octanol–water partition coefficient (Wildman–Crippen LogP) is 4.72. The van der Waals surface area contributed by atoms with Crippen molar-refractivity contribution in [1.82, 2.24) is 19.7 Å². The second-order valence-corrected chi connectivity index (χ2v) is 9.29. The first-order chi connectivity index (χ1) is 18.5. The molecule has 0 radical (unpaired) electrons. The molecule has 3 aliphatic rings. The zero-order chi connectivity index (χ0) is 26.2. The van der Waals surface area contributed by atoms with Crippen LogP contribution in [0.5, 0.6) is 0 Å². The molecule has 1 aromatic carbocycles. The number of nitrogens with zero attached hydrogens (tertiary/aromatic N) is 4. The molecule has 38 heavy (non-hydrogen) atoms. The van der Waals surface area contributed by atoms with Gasteiger partial charge in [0, 0.05) is 23.4 Å². The van der Waals surface area contributed by atoms with E-state index in [-0.39, 0.29) is 54.3 Å². The maximum absolute atomic E-state index is 15.1. The van der Waals surface area contributed by atoms with Gasteiger partial charge in [-0.2, -0.15) is 5.10 Å². The zero-order valence-corrected chi connectivity index (χ0v) is 20.7. The van der Waals surface area contributed by atoms with Gasteiger partial charge in [-0.05, 0) is 50.0 Å². The van der Waals surface area contributed by atoms with Gasteiger partial charge in [-0.3, -0.25) is 4.68 Å². The Morgan fingerprint density at radius 3 is 2.68 bits per heavy atom. The molecule has 1 saturated carbocycles. The van der Waals surface area contributed by atoms with Gasteiger partial charge in [0.15, 0.2) is 17.8 Å². The second kappa shape index (κ2) is 10.3. The summed E-state index contributed by atoms with van der Waals surface area (Å²) < 4.78 is 53.4. The van der Waals surface area contributed by atoms with Crippen LogP contribution in [0.2, 0.25) is 0 Å². The summed E-state index contributed by atoms with van der Waals surface area (Å²) in [4.78, 5) is 22.4. The Kier molecular flexibility index (Phi) is 6.73. The molecular weight excluding hydrogens is 498 g/mol. The maximum atomic E-state index is 15.1. The van der Waals surface area contributed by atoms with Gasteiger partial charge in [0.25, 0.3) is 0 Å². The van der Waals surface area contributed by atoms with E-state index < -0.39 is 23.9 Å². The molecule has 0 bridgehead atoms. The van der Waals surface area contributed by atoms with Crippen LogP contribution in [-0.2, 0) is 18.9 Å². The van der Waals surface area contributed by atoms with Crippen LogP contribution in [0.15, 0.2) is 36.7 Å². The topological polar surface area (TPSA) is 97.6 Å². The molecule has 2 aliphatic heterocycles. The normalized spacial score (nSPS) is 20.0. The van der Waals surface area contributed by atoms with E-state index in [0.29, 0.717) is 19.1 Å². The summed E-state index contributed by atoms with van der Waals surface area (Å²) in [5.74, 6) is -2.07. The van der Waals surface area contributed by atoms with E-state index in [9.17, 15) is 9.18 Å². The van der Waals surface area contributed by atoms with Crippen LogP contribution >= 0.6 is 0 Å². The third-order valence-electron chi connectivity index (χ3n) is 6.64. The minimum atomic E-state index is -1.01. The highest BCUT2D eigenvalue weighted by atomic mass is 19.1. The quantitative estimate of drug-likeness (QED) is 0.410. The summed E-state index contributed by atoms with van der Waals surface area (Å²) in [7, 11) is 0. The average Bonchev–Trinajstić information content (AvgIpc) is 3.40. The minimum absolute atomic E-state index is 0.00961. The number of aromatic nitrogens is 4. The number of halogens is 2. The van der Waals surface area contributed by atoms with Crippen molar-refractivity contribution in [2.45, 2.75) is 44.6 Å². The van der Waals surface area contributed by atoms with E-state index in [4.69, 9.17) is 23.9 Å². The van der Waals surface area contributed by atoms with E-state index in [1.54, 1.807) is 13.1 Å². The highest BCUT2D eigenvalue weighted by Crippen LogP contribution is 2.39. The Morgan fingerprint density at radius 1 is 1.13 bits per heavy atom. The molecule has 6 rings (SSSR count). The SMILES string of the molecule is CCOC(=O)c1nc(C2=C[C@H](c3cnn(C4CC4)c3)OCC2)nc(-c2ccc(F)cc2F)c1C1OCCO1. The molecule has 11 heteroatoms. The van der Waals surface area contributed by atoms with Crippen LogP contribution in [0.1, 0.15) is 72.1 Å². The number of carbonyl (C=O) groups excluding carboxylic acids is 1. The smallest absolute Gasteiger partial charge is 0.357 e. The van der Waals surface area contributed by atoms with E-state index in [1.807, 2.05) is 17.0 Å². The van der Waals surface area contributed by atoms with Crippen molar-refractivity contribution in [2.24, 2.45) is 0 Å².